The summed E-state index contributed by atoms with van der Waals surface area (Å²) in [5.41, 5.74) is 10.9. The molecule has 3 aromatic heterocycles. The fourth-order valence-electron chi connectivity index (χ4n) is 16.4. The van der Waals surface area contributed by atoms with Gasteiger partial charge in [-0.05, 0) is 327 Å². The van der Waals surface area contributed by atoms with Crippen LogP contribution in [0, 0.1) is 20.8 Å². The standard InChI is InChI=1S/C33H47ClN6O3S.2C30H41ClN6O3S/c1-20(2)43-30-18-25(24-15-14-23(39(6)7)17-29(24)40(8)9)22(5)16-28(30)37-33-35-19-26(34)32(38-33)36-27-12-10-11-13-31(27)44(41,42)21(3)4;2*1-19(2)40-27-17-23(21-12-14-22(15-13-21)36(4)5)20(3)16-26(27)34-30-32-18-24(31)29(35-30)33-25-10-8-9-11-28(25)41(38,39)37(6)7/h10-13,16,18-21,23-24,29H,14-15,17H2,1-9H3,(H2,35,36,37,38);2*8-11,16-19,21-22H,12-15H2,1-7H3,(H2,32,33,34,35)/t23-,24+,29-;;/m0../s1. The molecule has 0 aliphatic heterocycles. The van der Waals surface area contributed by atoms with Crippen molar-refractivity contribution in [3.8, 4) is 17.2 Å². The molecule has 3 aliphatic carbocycles. The largest absolute Gasteiger partial charge is 0.489 e. The third-order valence-electron chi connectivity index (χ3n) is 23.3. The highest BCUT2D eigenvalue weighted by Crippen LogP contribution is 2.47. The Bertz CT molecular complexity index is 5350. The molecule has 9 aromatic rings. The first kappa shape index (κ1) is 99.4. The topological polar surface area (TPSA) is 299 Å². The third kappa shape index (κ3) is 25.2. The van der Waals surface area contributed by atoms with Gasteiger partial charge in [-0.25, -0.2) is 48.8 Å². The van der Waals surface area contributed by atoms with Crippen molar-refractivity contribution in [1.82, 2.24) is 58.1 Å². The van der Waals surface area contributed by atoms with E-state index in [0.717, 1.165) is 87.9 Å². The summed E-state index contributed by atoms with van der Waals surface area (Å²) in [6, 6.07) is 35.1. The molecule has 27 nitrogen and oxygen atoms in total. The van der Waals surface area contributed by atoms with Gasteiger partial charge in [-0.1, -0.05) is 71.2 Å². The van der Waals surface area contributed by atoms with Crippen molar-refractivity contribution in [2.75, 3.05) is 116 Å². The van der Waals surface area contributed by atoms with Gasteiger partial charge in [-0.2, -0.15) is 15.0 Å². The number of hydrogen-bond acceptors (Lipinski definition) is 25. The normalized spacial score (nSPS) is 18.2. The van der Waals surface area contributed by atoms with Gasteiger partial charge in [0.15, 0.2) is 27.3 Å². The molecule has 6 N–H and O–H groups in total. The number of hydrogen-bond donors (Lipinski definition) is 6. The van der Waals surface area contributed by atoms with Gasteiger partial charge in [0.05, 0.1) is 81.2 Å². The Balaban J connectivity index is 0.000000197. The molecule has 126 heavy (non-hydrogen) atoms. The van der Waals surface area contributed by atoms with Gasteiger partial charge in [0.2, 0.25) is 37.9 Å². The van der Waals surface area contributed by atoms with E-state index in [2.05, 4.69) is 195 Å². The van der Waals surface area contributed by atoms with Crippen molar-refractivity contribution in [3.63, 3.8) is 0 Å². The number of likely N-dealkylation sites (N-methyl/N-ethyl adjacent to an activating group) is 1. The third-order valence-corrected chi connectivity index (χ3v) is 30.1. The number of sulfone groups is 1. The fourth-order valence-corrected chi connectivity index (χ4v) is 20.1. The first-order valence-corrected chi connectivity index (χ1v) is 48.6. The molecule has 6 aromatic carbocycles. The Morgan fingerprint density at radius 2 is 0.667 bits per heavy atom. The van der Waals surface area contributed by atoms with Crippen molar-refractivity contribution in [2.45, 2.75) is 227 Å². The van der Waals surface area contributed by atoms with Gasteiger partial charge < -0.3 is 65.7 Å². The predicted molar refractivity (Wildman–Crippen MR) is 514 cm³/mol. The van der Waals surface area contributed by atoms with Crippen LogP contribution in [-0.2, 0) is 29.9 Å². The quantitative estimate of drug-likeness (QED) is 0.0235. The first-order valence-electron chi connectivity index (χ1n) is 43.1. The average molecular weight is 1850 g/mol. The van der Waals surface area contributed by atoms with Crippen LogP contribution in [0.1, 0.15) is 177 Å². The zero-order chi connectivity index (χ0) is 92.1. The molecule has 684 valence electrons. The van der Waals surface area contributed by atoms with E-state index in [4.69, 9.17) is 49.0 Å². The van der Waals surface area contributed by atoms with E-state index in [-0.39, 0.29) is 59.7 Å². The smallest absolute Gasteiger partial charge is 0.244 e. The predicted octanol–water partition coefficient (Wildman–Crippen LogP) is 20.1. The SMILES string of the molecule is Cc1cc(Nc2ncc(Cl)c(Nc3ccccc3S(=O)(=O)C(C)C)n2)c(OC(C)C)cc1[C@H]1CC[C@H](N(C)C)C[C@@H]1N(C)C.Cc1cc(Nc2ncc(Cl)c(Nc3ccccc3S(=O)(=O)N(C)C)n2)c(OC(C)C)cc1C1CCC(N(C)C)CC1.Cc1cc(Nc2ncc(Cl)c(Nc3ccccc3S(=O)(=O)N(C)C)n2)c(OC(C)C)cc1C1CCC(N(C)C)CC1. The molecule has 3 heterocycles. The summed E-state index contributed by atoms with van der Waals surface area (Å²) < 4.78 is 98.7. The molecular formula is C93H129Cl3N18O9S3. The number of anilines is 12. The zero-order valence-electron chi connectivity index (χ0n) is 77.2. The zero-order valence-corrected chi connectivity index (χ0v) is 81.9. The summed E-state index contributed by atoms with van der Waals surface area (Å²) in [7, 11) is 12.4. The Morgan fingerprint density at radius 3 is 0.976 bits per heavy atom. The molecule has 0 saturated heterocycles. The van der Waals surface area contributed by atoms with Crippen LogP contribution < -0.4 is 46.1 Å². The van der Waals surface area contributed by atoms with Crippen LogP contribution >= 0.6 is 34.8 Å². The van der Waals surface area contributed by atoms with Crippen LogP contribution in [0.4, 0.5) is 69.4 Å². The lowest BCUT2D eigenvalue weighted by atomic mass is 9.75. The summed E-state index contributed by atoms with van der Waals surface area (Å²) in [5, 5.41) is 19.4. The minimum Gasteiger partial charge on any atom is -0.489 e. The van der Waals surface area contributed by atoms with Gasteiger partial charge in [-0.15, -0.1) is 0 Å². The molecule has 0 unspecified atom stereocenters. The van der Waals surface area contributed by atoms with E-state index < -0.39 is 35.1 Å². The Kier molecular flexibility index (Phi) is 34.4. The lowest BCUT2D eigenvalue weighted by molar-refractivity contribution is 0.126. The van der Waals surface area contributed by atoms with Gasteiger partial charge in [0.1, 0.15) is 42.1 Å². The summed E-state index contributed by atoms with van der Waals surface area (Å²) in [4.78, 5) is 36.8. The molecule has 3 saturated carbocycles. The fraction of sp³-hybridized carbons (Fsp3) is 0.484. The monoisotopic (exact) mass is 1840 g/mol. The van der Waals surface area contributed by atoms with Crippen LogP contribution in [-0.4, -0.2) is 216 Å². The summed E-state index contributed by atoms with van der Waals surface area (Å²) in [5.74, 6) is 5.35. The average Bonchev–Trinajstić information content (AvgIpc) is 0.757. The van der Waals surface area contributed by atoms with Gasteiger partial charge in [0.25, 0.3) is 0 Å². The number of rotatable bonds is 31. The maximum Gasteiger partial charge on any atom is 0.244 e. The highest BCUT2D eigenvalue weighted by Gasteiger charge is 2.37. The molecular weight excluding hydrogens is 1720 g/mol. The molecule has 0 spiro atoms. The van der Waals surface area contributed by atoms with Crippen molar-refractivity contribution in [1.29, 1.82) is 0 Å². The van der Waals surface area contributed by atoms with Crippen LogP contribution in [0.15, 0.2) is 142 Å². The second-order valence-electron chi connectivity index (χ2n) is 35.2. The van der Waals surface area contributed by atoms with E-state index in [1.807, 2.05) is 41.5 Å². The number of nitrogens with one attached hydrogen (secondary N) is 6. The van der Waals surface area contributed by atoms with E-state index in [1.165, 1.54) is 106 Å². The maximum absolute atomic E-state index is 13.0. The van der Waals surface area contributed by atoms with Crippen LogP contribution in [0.25, 0.3) is 0 Å². The minimum atomic E-state index is -3.69. The molecule has 33 heteroatoms. The molecule has 0 radical (unpaired) electrons. The highest BCUT2D eigenvalue weighted by atomic mass is 35.5. The number of nitrogens with zero attached hydrogens (tertiary/aromatic N) is 12. The molecule has 3 fully saturated rings. The first-order chi connectivity index (χ1) is 59.4. The number of sulfonamides is 2. The summed E-state index contributed by atoms with van der Waals surface area (Å²) in [6.07, 6.45) is 17.1. The summed E-state index contributed by atoms with van der Waals surface area (Å²) in [6.45, 7) is 21.8. The highest BCUT2D eigenvalue weighted by molar-refractivity contribution is 7.92. The van der Waals surface area contributed by atoms with E-state index >= 15 is 0 Å². The Morgan fingerprint density at radius 1 is 0.365 bits per heavy atom. The lowest BCUT2D eigenvalue weighted by Gasteiger charge is -2.42. The van der Waals surface area contributed by atoms with E-state index in [9.17, 15) is 25.3 Å². The summed E-state index contributed by atoms with van der Waals surface area (Å²) >= 11 is 19.4. The molecule has 3 aliphatic rings. The van der Waals surface area contributed by atoms with Crippen molar-refractivity contribution in [2.24, 2.45) is 0 Å². The van der Waals surface area contributed by atoms with Crippen molar-refractivity contribution < 1.29 is 39.5 Å². The Labute approximate surface area is 763 Å². The lowest BCUT2D eigenvalue weighted by Crippen LogP contribution is -2.45. The maximum atomic E-state index is 13.0. The number of ether oxygens (including phenoxy) is 3. The van der Waals surface area contributed by atoms with Gasteiger partial charge >= 0.3 is 0 Å². The van der Waals surface area contributed by atoms with E-state index in [1.54, 1.807) is 86.6 Å². The number of aryl methyl sites for hydroxylation is 3. The van der Waals surface area contributed by atoms with Crippen molar-refractivity contribution in [3.05, 3.63) is 176 Å². The van der Waals surface area contributed by atoms with Gasteiger partial charge in [0, 0.05) is 52.4 Å². The van der Waals surface area contributed by atoms with E-state index in [0.29, 0.717) is 82.6 Å². The van der Waals surface area contributed by atoms with Crippen LogP contribution in [0.5, 0.6) is 17.2 Å². The minimum absolute atomic E-state index is 0.0194. The van der Waals surface area contributed by atoms with Gasteiger partial charge in [-0.3, -0.25) is 0 Å². The van der Waals surface area contributed by atoms with Crippen LogP contribution in [0.2, 0.25) is 15.1 Å². The molecule has 12 rings (SSSR count). The molecule has 0 bridgehead atoms. The Hall–Kier alpha value is -8.76. The molecule has 3 atom stereocenters. The van der Waals surface area contributed by atoms with Crippen molar-refractivity contribution >= 4 is 134 Å². The number of aromatic nitrogens is 6. The second-order valence-corrected chi connectivity index (χ2v) is 43.1. The number of halogens is 3. The molecule has 0 amide bonds. The number of benzene rings is 6. The number of para-hydroxylation sites is 3. The second kappa shape index (κ2) is 43.6. The van der Waals surface area contributed by atoms with Crippen LogP contribution in [0.3, 0.4) is 0 Å².